The van der Waals surface area contributed by atoms with Crippen LogP contribution in [0.1, 0.15) is 81.4 Å². The van der Waals surface area contributed by atoms with Gasteiger partial charge < -0.3 is 14.2 Å². The minimum Gasteiger partial charge on any atom is -0.465 e. The van der Waals surface area contributed by atoms with Crippen LogP contribution in [0.25, 0.3) is 39.0 Å². The standard InChI is InChI=1S/C45H34N4O6/c1-6-54-44(51)40-33-13-9-8-10-14-34(33)41(45(52)55-7-2)42(40)39(31(24-48)25-49)38(28-18-16-27(17-19-28)30(22-46)23-47)36-21-37(43(50)53-5)35-20-29(26(3)4)12-11-15-32(35)36/h8-21,26H,6-7H2,1-5H3. The van der Waals surface area contributed by atoms with Crippen LogP contribution in [0.15, 0.2) is 90.5 Å². The number of rotatable bonds is 9. The van der Waals surface area contributed by atoms with Gasteiger partial charge >= 0.3 is 17.9 Å². The van der Waals surface area contributed by atoms with E-state index in [1.54, 1.807) is 68.4 Å². The fourth-order valence-electron chi connectivity index (χ4n) is 6.60. The third-order valence-corrected chi connectivity index (χ3v) is 9.06. The number of nitrogens with zero attached hydrogens (tertiary/aromatic N) is 4. The number of hydrogen-bond acceptors (Lipinski definition) is 10. The van der Waals surface area contributed by atoms with E-state index in [4.69, 9.17) is 14.2 Å². The van der Waals surface area contributed by atoms with Crippen molar-refractivity contribution in [2.75, 3.05) is 20.3 Å². The minimum absolute atomic E-state index is 0.0274. The van der Waals surface area contributed by atoms with Crippen LogP contribution >= 0.6 is 0 Å². The van der Waals surface area contributed by atoms with E-state index in [1.807, 2.05) is 56.3 Å². The van der Waals surface area contributed by atoms with Crippen LogP contribution in [0.3, 0.4) is 0 Å². The first-order valence-electron chi connectivity index (χ1n) is 17.3. The van der Waals surface area contributed by atoms with E-state index >= 15 is 0 Å². The summed E-state index contributed by atoms with van der Waals surface area (Å²) in [5.74, 6) is -2.21. The van der Waals surface area contributed by atoms with E-state index in [1.165, 1.54) is 19.2 Å². The van der Waals surface area contributed by atoms with Crippen molar-refractivity contribution >= 4 is 34.6 Å². The first-order chi connectivity index (χ1) is 26.6. The summed E-state index contributed by atoms with van der Waals surface area (Å²) in [6.07, 6.45) is 0. The average Bonchev–Trinajstić information content (AvgIpc) is 3.45. The second kappa shape index (κ2) is 16.9. The maximum atomic E-state index is 14.2. The Morgan fingerprint density at radius 2 is 1.15 bits per heavy atom. The van der Waals surface area contributed by atoms with Crippen LogP contribution in [-0.2, 0) is 14.2 Å². The molecule has 4 aliphatic carbocycles. The van der Waals surface area contributed by atoms with Gasteiger partial charge in [-0.3, -0.25) is 0 Å². The molecule has 1 aromatic rings. The van der Waals surface area contributed by atoms with Crippen LogP contribution in [-0.4, -0.2) is 38.2 Å². The molecule has 0 unspecified atom stereocenters. The molecule has 0 fully saturated rings. The largest absolute Gasteiger partial charge is 0.465 e. The summed E-state index contributed by atoms with van der Waals surface area (Å²) >= 11 is 0. The number of allylic oxidation sites excluding steroid dienone is 2. The van der Waals surface area contributed by atoms with Crippen molar-refractivity contribution in [1.29, 1.82) is 21.0 Å². The lowest BCUT2D eigenvalue weighted by Gasteiger charge is -2.17. The number of carbonyl (C=O) groups is 3. The molecule has 10 nitrogen and oxygen atoms in total. The zero-order valence-corrected chi connectivity index (χ0v) is 30.8. The molecule has 0 radical (unpaired) electrons. The normalized spacial score (nSPS) is 10.4. The second-order valence-electron chi connectivity index (χ2n) is 12.4. The van der Waals surface area contributed by atoms with E-state index < -0.39 is 23.5 Å². The lowest BCUT2D eigenvalue weighted by Crippen LogP contribution is -2.17. The number of esters is 3. The van der Waals surface area contributed by atoms with Gasteiger partial charge in [-0.25, -0.2) is 14.4 Å². The number of ether oxygens (including phenoxy) is 3. The number of benzene rings is 1. The van der Waals surface area contributed by atoms with Crippen molar-refractivity contribution in [2.24, 2.45) is 0 Å². The van der Waals surface area contributed by atoms with Crippen LogP contribution in [0.2, 0.25) is 0 Å². The van der Waals surface area contributed by atoms with E-state index in [0.29, 0.717) is 38.3 Å². The van der Waals surface area contributed by atoms with Gasteiger partial charge in [-0.1, -0.05) is 92.7 Å². The summed E-state index contributed by atoms with van der Waals surface area (Å²) in [7, 11) is 1.26. The smallest absolute Gasteiger partial charge is 0.339 e. The molecule has 0 bridgehead atoms. The Bertz CT molecular complexity index is 2540. The fraction of sp³-hybridized carbons (Fsp3) is 0.178. The van der Waals surface area contributed by atoms with Gasteiger partial charge in [0.15, 0.2) is 0 Å². The van der Waals surface area contributed by atoms with Gasteiger partial charge in [-0.15, -0.1) is 0 Å². The third kappa shape index (κ3) is 7.26. The molecule has 0 saturated heterocycles. The SMILES string of the molecule is CCOC(=O)c1c2cccccc-2c(C(=O)OCC)c1C(=C(C#N)C#N)C(c1cc(C(=O)OC)c2cc(C(C)C)cccc1-2)=c1ccc(=C(C#N)C#N)cc1. The molecule has 0 aromatic heterocycles. The van der Waals surface area contributed by atoms with E-state index in [0.717, 1.165) is 5.56 Å². The van der Waals surface area contributed by atoms with Gasteiger partial charge in [0.1, 0.15) is 35.4 Å². The molecule has 270 valence electrons. The molecule has 0 aliphatic heterocycles. The fourth-order valence-corrected chi connectivity index (χ4v) is 6.60. The molecule has 10 heteroatoms. The number of fused-ring (bicyclic) bond motifs is 2. The first-order valence-corrected chi connectivity index (χ1v) is 17.3. The van der Waals surface area contributed by atoms with Crippen molar-refractivity contribution in [1.82, 2.24) is 0 Å². The van der Waals surface area contributed by atoms with Crippen LogP contribution < -0.4 is 10.4 Å². The molecule has 0 amide bonds. The minimum atomic E-state index is -0.815. The Balaban J connectivity index is 2.15. The molecule has 55 heavy (non-hydrogen) atoms. The van der Waals surface area contributed by atoms with Gasteiger partial charge in [0.05, 0.1) is 37.0 Å². The lowest BCUT2D eigenvalue weighted by atomic mass is 9.84. The predicted molar refractivity (Wildman–Crippen MR) is 204 cm³/mol. The van der Waals surface area contributed by atoms with Gasteiger partial charge in [0, 0.05) is 16.4 Å². The Morgan fingerprint density at radius 3 is 1.64 bits per heavy atom. The Kier molecular flexibility index (Phi) is 11.9. The summed E-state index contributed by atoms with van der Waals surface area (Å²) < 4.78 is 16.4. The lowest BCUT2D eigenvalue weighted by molar-refractivity contribution is 0.0525. The molecule has 0 heterocycles. The maximum Gasteiger partial charge on any atom is 0.339 e. The third-order valence-electron chi connectivity index (χ3n) is 9.06. The molecule has 0 atom stereocenters. The number of hydrogen-bond donors (Lipinski definition) is 0. The summed E-state index contributed by atoms with van der Waals surface area (Å²) in [6, 6.07) is 31.4. The molecule has 1 aromatic carbocycles. The summed E-state index contributed by atoms with van der Waals surface area (Å²) in [5.41, 5.74) is 2.35. The maximum absolute atomic E-state index is 14.2. The van der Waals surface area contributed by atoms with Crippen molar-refractivity contribution in [2.45, 2.75) is 33.6 Å². The summed E-state index contributed by atoms with van der Waals surface area (Å²) in [5, 5.41) is 41.3. The van der Waals surface area contributed by atoms with E-state index in [-0.39, 0.29) is 58.1 Å². The van der Waals surface area contributed by atoms with Crippen LogP contribution in [0.4, 0.5) is 0 Å². The molecule has 5 rings (SSSR count). The Labute approximate surface area is 318 Å². The monoisotopic (exact) mass is 726 g/mol. The summed E-state index contributed by atoms with van der Waals surface area (Å²) in [6.45, 7) is 7.22. The highest BCUT2D eigenvalue weighted by atomic mass is 16.5. The molecule has 4 aliphatic rings. The van der Waals surface area contributed by atoms with Crippen LogP contribution in [0, 0.1) is 45.3 Å². The highest BCUT2D eigenvalue weighted by Gasteiger charge is 2.37. The highest BCUT2D eigenvalue weighted by molar-refractivity contribution is 6.23. The quantitative estimate of drug-likeness (QED) is 0.0869. The van der Waals surface area contributed by atoms with E-state index in [2.05, 4.69) is 0 Å². The highest BCUT2D eigenvalue weighted by Crippen LogP contribution is 2.48. The second-order valence-corrected chi connectivity index (χ2v) is 12.4. The zero-order valence-electron chi connectivity index (χ0n) is 30.8. The molecule has 0 spiro atoms. The average molecular weight is 727 g/mol. The van der Waals surface area contributed by atoms with Crippen molar-refractivity contribution < 1.29 is 28.6 Å². The first kappa shape index (κ1) is 38.7. The van der Waals surface area contributed by atoms with Crippen LogP contribution in [0.5, 0.6) is 0 Å². The van der Waals surface area contributed by atoms with Crippen molar-refractivity contribution in [3.8, 4) is 46.5 Å². The molecule has 0 N–H and O–H groups in total. The molecule has 0 saturated carbocycles. The van der Waals surface area contributed by atoms with Gasteiger partial charge in [0.2, 0.25) is 0 Å². The van der Waals surface area contributed by atoms with Gasteiger partial charge in [0.25, 0.3) is 0 Å². The number of methoxy groups -OCH3 is 1. The Hall–Kier alpha value is -7.53. The zero-order chi connectivity index (χ0) is 39.8. The van der Waals surface area contributed by atoms with Crippen molar-refractivity contribution in [3.63, 3.8) is 0 Å². The number of carbonyl (C=O) groups excluding carboxylic acids is 3. The molecular formula is C45H34N4O6. The van der Waals surface area contributed by atoms with Gasteiger partial charge in [-0.05, 0) is 70.0 Å². The Morgan fingerprint density at radius 1 is 0.600 bits per heavy atom. The van der Waals surface area contributed by atoms with Crippen molar-refractivity contribution in [3.05, 3.63) is 134 Å². The number of nitriles is 4. The summed E-state index contributed by atoms with van der Waals surface area (Å²) in [4.78, 5) is 41.8. The van der Waals surface area contributed by atoms with E-state index in [9.17, 15) is 35.4 Å². The molecular weight excluding hydrogens is 693 g/mol. The topological polar surface area (TPSA) is 174 Å². The predicted octanol–water partition coefficient (Wildman–Crippen LogP) is 7.06. The van der Waals surface area contributed by atoms with Gasteiger partial charge in [-0.2, -0.15) is 21.0 Å².